The van der Waals surface area contributed by atoms with Crippen molar-refractivity contribution in [3.63, 3.8) is 0 Å². The molecule has 1 atom stereocenters. The van der Waals surface area contributed by atoms with Gasteiger partial charge < -0.3 is 10.2 Å². The van der Waals surface area contributed by atoms with Crippen LogP contribution in [0.2, 0.25) is 0 Å². The Morgan fingerprint density at radius 1 is 1.12 bits per heavy atom. The Labute approximate surface area is 174 Å². The van der Waals surface area contributed by atoms with Crippen LogP contribution in [0.5, 0.6) is 0 Å². The van der Waals surface area contributed by atoms with Gasteiger partial charge in [0, 0.05) is 31.4 Å². The minimum Gasteiger partial charge on any atom is -0.343 e. The fraction of sp³-hybridized carbons (Fsp3) is 0.611. The molecule has 2 fully saturated rings. The average molecular weight is 492 g/mol. The number of aliphatic imine (C=N–C) groups is 1. The lowest BCUT2D eigenvalue weighted by atomic mass is 10.1. The largest absolute Gasteiger partial charge is 0.343 e. The van der Waals surface area contributed by atoms with Crippen LogP contribution in [0.3, 0.4) is 0 Å². The number of nitrogens with one attached hydrogen (secondary N) is 1. The smallest absolute Gasteiger partial charge is 0.211 e. The van der Waals surface area contributed by atoms with E-state index in [2.05, 4.69) is 10.2 Å². The highest BCUT2D eigenvalue weighted by Crippen LogP contribution is 2.21. The van der Waals surface area contributed by atoms with Crippen molar-refractivity contribution in [3.8, 4) is 0 Å². The van der Waals surface area contributed by atoms with Gasteiger partial charge in [0.25, 0.3) is 0 Å². The Hall–Kier alpha value is -0.870. The first kappa shape index (κ1) is 21.4. The molecule has 2 saturated heterocycles. The normalized spacial score (nSPS) is 22.1. The molecular formula is C18H29IN4O2S. The van der Waals surface area contributed by atoms with Crippen LogP contribution in [0.15, 0.2) is 35.3 Å². The highest BCUT2D eigenvalue weighted by molar-refractivity contribution is 14.0. The van der Waals surface area contributed by atoms with Gasteiger partial charge in [0.05, 0.1) is 12.8 Å². The fourth-order valence-corrected chi connectivity index (χ4v) is 4.77. The van der Waals surface area contributed by atoms with Crippen LogP contribution in [0.25, 0.3) is 0 Å². The summed E-state index contributed by atoms with van der Waals surface area (Å²) in [6.07, 6.45) is 6.71. The summed E-state index contributed by atoms with van der Waals surface area (Å²) in [6, 6.07) is 10.0. The molecule has 3 rings (SSSR count). The van der Waals surface area contributed by atoms with Crippen molar-refractivity contribution < 1.29 is 8.42 Å². The van der Waals surface area contributed by atoms with Gasteiger partial charge in [-0.25, -0.2) is 8.42 Å². The first-order valence-electron chi connectivity index (χ1n) is 9.12. The topological polar surface area (TPSA) is 65.0 Å². The standard InChI is InChI=1S/C18H28N4O2S.HI/c1-25(23,24)22-14-8-11-17(22)15-19-18(21-12-6-3-7-13-21)20-16-9-4-2-5-10-16;/h2,4-5,9-10,17H,3,6-8,11-15H2,1H3,(H,19,20);1H/t17-;/m1./s1. The zero-order valence-corrected chi connectivity index (χ0v) is 18.4. The van der Waals surface area contributed by atoms with Gasteiger partial charge in [-0.1, -0.05) is 18.2 Å². The predicted molar refractivity (Wildman–Crippen MR) is 118 cm³/mol. The third kappa shape index (κ3) is 5.82. The fourth-order valence-electron chi connectivity index (χ4n) is 3.60. The number of anilines is 1. The van der Waals surface area contributed by atoms with Crippen molar-refractivity contribution in [1.82, 2.24) is 9.21 Å². The molecule has 2 aliphatic rings. The lowest BCUT2D eigenvalue weighted by molar-refractivity contribution is 0.338. The quantitative estimate of drug-likeness (QED) is 0.399. The van der Waals surface area contributed by atoms with Crippen LogP contribution in [0.4, 0.5) is 5.69 Å². The number of para-hydroxylation sites is 1. The summed E-state index contributed by atoms with van der Waals surface area (Å²) in [4.78, 5) is 7.10. The second-order valence-electron chi connectivity index (χ2n) is 6.87. The molecule has 6 nitrogen and oxygen atoms in total. The molecule has 2 aliphatic heterocycles. The molecule has 146 valence electrons. The molecule has 2 heterocycles. The molecule has 0 aromatic heterocycles. The summed E-state index contributed by atoms with van der Waals surface area (Å²) in [7, 11) is -3.15. The molecule has 0 radical (unpaired) electrons. The molecule has 0 saturated carbocycles. The summed E-state index contributed by atoms with van der Waals surface area (Å²) >= 11 is 0. The van der Waals surface area contributed by atoms with Crippen molar-refractivity contribution in [2.24, 2.45) is 4.99 Å². The molecule has 0 spiro atoms. The van der Waals surface area contributed by atoms with E-state index in [9.17, 15) is 8.42 Å². The molecular weight excluding hydrogens is 463 g/mol. The SMILES string of the molecule is CS(=O)(=O)N1CCC[C@@H]1CN=C(Nc1ccccc1)N1CCCCC1.I. The van der Waals surface area contributed by atoms with Crippen LogP contribution >= 0.6 is 24.0 Å². The molecule has 0 bridgehead atoms. The predicted octanol–water partition coefficient (Wildman–Crippen LogP) is 2.98. The van der Waals surface area contributed by atoms with E-state index in [-0.39, 0.29) is 30.0 Å². The van der Waals surface area contributed by atoms with E-state index in [0.29, 0.717) is 13.1 Å². The minimum atomic E-state index is -3.15. The molecule has 1 aromatic rings. The summed E-state index contributed by atoms with van der Waals surface area (Å²) in [6.45, 7) is 3.13. The molecule has 0 unspecified atom stereocenters. The first-order chi connectivity index (χ1) is 12.0. The number of piperidine rings is 1. The third-order valence-electron chi connectivity index (χ3n) is 4.89. The maximum atomic E-state index is 11.9. The maximum Gasteiger partial charge on any atom is 0.211 e. The number of sulfonamides is 1. The van der Waals surface area contributed by atoms with Crippen LogP contribution in [0.1, 0.15) is 32.1 Å². The lowest BCUT2D eigenvalue weighted by Gasteiger charge is -2.31. The van der Waals surface area contributed by atoms with Gasteiger partial charge in [-0.05, 0) is 44.2 Å². The number of guanidine groups is 1. The Balaban J connectivity index is 0.00000243. The first-order valence-corrected chi connectivity index (χ1v) is 11.0. The molecule has 8 heteroatoms. The Kier molecular flexibility index (Phi) is 8.15. The van der Waals surface area contributed by atoms with E-state index < -0.39 is 10.0 Å². The van der Waals surface area contributed by atoms with Crippen molar-refractivity contribution >= 4 is 45.6 Å². The number of rotatable bonds is 4. The lowest BCUT2D eigenvalue weighted by Crippen LogP contribution is -2.42. The number of hydrogen-bond acceptors (Lipinski definition) is 3. The highest BCUT2D eigenvalue weighted by atomic mass is 127. The number of likely N-dealkylation sites (tertiary alicyclic amines) is 1. The summed E-state index contributed by atoms with van der Waals surface area (Å²) in [5.41, 5.74) is 1.01. The van der Waals surface area contributed by atoms with Gasteiger partial charge in [0.15, 0.2) is 5.96 Å². The van der Waals surface area contributed by atoms with E-state index in [4.69, 9.17) is 4.99 Å². The van der Waals surface area contributed by atoms with Gasteiger partial charge in [-0.2, -0.15) is 4.31 Å². The van der Waals surface area contributed by atoms with Gasteiger partial charge >= 0.3 is 0 Å². The average Bonchev–Trinajstić information content (AvgIpc) is 3.09. The zero-order chi connectivity index (χ0) is 17.7. The number of hydrogen-bond donors (Lipinski definition) is 1. The zero-order valence-electron chi connectivity index (χ0n) is 15.3. The van der Waals surface area contributed by atoms with Crippen LogP contribution in [-0.2, 0) is 10.0 Å². The van der Waals surface area contributed by atoms with E-state index in [0.717, 1.165) is 37.6 Å². The van der Waals surface area contributed by atoms with Gasteiger partial charge in [0.2, 0.25) is 10.0 Å². The minimum absolute atomic E-state index is 0. The number of nitrogens with zero attached hydrogens (tertiary/aromatic N) is 3. The van der Waals surface area contributed by atoms with Gasteiger partial charge in [0.1, 0.15) is 0 Å². The highest BCUT2D eigenvalue weighted by Gasteiger charge is 2.31. The molecule has 1 N–H and O–H groups in total. The van der Waals surface area contributed by atoms with E-state index in [1.54, 1.807) is 4.31 Å². The van der Waals surface area contributed by atoms with Crippen molar-refractivity contribution in [3.05, 3.63) is 30.3 Å². The van der Waals surface area contributed by atoms with E-state index >= 15 is 0 Å². The second-order valence-corrected chi connectivity index (χ2v) is 8.81. The van der Waals surface area contributed by atoms with Crippen molar-refractivity contribution in [2.75, 3.05) is 37.8 Å². The Morgan fingerprint density at radius 3 is 2.46 bits per heavy atom. The van der Waals surface area contributed by atoms with Gasteiger partial charge in [-0.3, -0.25) is 4.99 Å². The third-order valence-corrected chi connectivity index (χ3v) is 6.22. The second kappa shape index (κ2) is 9.89. The Bertz CT molecular complexity index is 690. The molecule has 1 aromatic carbocycles. The van der Waals surface area contributed by atoms with Crippen molar-refractivity contribution in [2.45, 2.75) is 38.1 Å². The molecule has 26 heavy (non-hydrogen) atoms. The van der Waals surface area contributed by atoms with Crippen molar-refractivity contribution in [1.29, 1.82) is 0 Å². The van der Waals surface area contributed by atoms with Crippen LogP contribution in [0, 0.1) is 0 Å². The number of halogens is 1. The van der Waals surface area contributed by atoms with Gasteiger partial charge in [-0.15, -0.1) is 24.0 Å². The maximum absolute atomic E-state index is 11.9. The van der Waals surface area contributed by atoms with Crippen LogP contribution in [-0.4, -0.2) is 62.1 Å². The van der Waals surface area contributed by atoms with Crippen LogP contribution < -0.4 is 5.32 Å². The van der Waals surface area contributed by atoms with E-state index in [1.807, 2.05) is 30.3 Å². The molecule has 0 amide bonds. The summed E-state index contributed by atoms with van der Waals surface area (Å²) in [5, 5.41) is 3.43. The monoisotopic (exact) mass is 492 g/mol. The summed E-state index contributed by atoms with van der Waals surface area (Å²) < 4.78 is 25.5. The Morgan fingerprint density at radius 2 is 1.81 bits per heavy atom. The summed E-state index contributed by atoms with van der Waals surface area (Å²) in [5.74, 6) is 0.867. The molecule has 0 aliphatic carbocycles. The van der Waals surface area contributed by atoms with E-state index in [1.165, 1.54) is 25.5 Å². The number of benzene rings is 1.